The maximum absolute atomic E-state index is 9.30. The van der Waals surface area contributed by atoms with Crippen molar-refractivity contribution in [2.45, 2.75) is 38.7 Å². The predicted molar refractivity (Wildman–Crippen MR) is 71.0 cm³/mol. The van der Waals surface area contributed by atoms with Crippen molar-refractivity contribution in [2.24, 2.45) is 0 Å². The van der Waals surface area contributed by atoms with E-state index in [9.17, 15) is 5.11 Å². The predicted octanol–water partition coefficient (Wildman–Crippen LogP) is 2.47. The summed E-state index contributed by atoms with van der Waals surface area (Å²) in [4.78, 5) is 0. The molecule has 18 heavy (non-hydrogen) atoms. The summed E-state index contributed by atoms with van der Waals surface area (Å²) in [5.74, 6) is 0.965. The van der Waals surface area contributed by atoms with Gasteiger partial charge in [-0.1, -0.05) is 6.07 Å². The van der Waals surface area contributed by atoms with E-state index in [4.69, 9.17) is 9.47 Å². The number of methoxy groups -OCH3 is 1. The van der Waals surface area contributed by atoms with Crippen LogP contribution in [0, 0.1) is 0 Å². The number of benzene rings is 1. The molecule has 3 heteroatoms. The van der Waals surface area contributed by atoms with Crippen molar-refractivity contribution in [2.75, 3.05) is 20.3 Å². The molecule has 0 radical (unpaired) electrons. The lowest BCUT2D eigenvalue weighted by atomic mass is 9.89. The highest BCUT2D eigenvalue weighted by atomic mass is 16.5. The minimum absolute atomic E-state index is 0.0850. The van der Waals surface area contributed by atoms with Gasteiger partial charge < -0.3 is 14.6 Å². The summed E-state index contributed by atoms with van der Waals surface area (Å²) in [5.41, 5.74) is 3.66. The van der Waals surface area contributed by atoms with Crippen LogP contribution in [0.5, 0.6) is 5.75 Å². The van der Waals surface area contributed by atoms with Crippen molar-refractivity contribution < 1.29 is 14.6 Å². The number of ether oxygens (including phenoxy) is 2. The van der Waals surface area contributed by atoms with Gasteiger partial charge in [-0.05, 0) is 48.4 Å². The maximum atomic E-state index is 9.30. The number of rotatable bonds is 6. The molecule has 0 aromatic heterocycles. The van der Waals surface area contributed by atoms with Crippen molar-refractivity contribution in [3.05, 3.63) is 28.8 Å². The molecule has 3 nitrogen and oxygen atoms in total. The number of hydrogen-bond acceptors (Lipinski definition) is 3. The van der Waals surface area contributed by atoms with E-state index in [0.717, 1.165) is 37.2 Å². The largest absolute Gasteiger partial charge is 0.493 e. The Morgan fingerprint density at radius 3 is 2.78 bits per heavy atom. The number of fused-ring (bicyclic) bond motifs is 1. The molecule has 0 spiro atoms. The fourth-order valence-electron chi connectivity index (χ4n) is 2.50. The zero-order chi connectivity index (χ0) is 12.8. The van der Waals surface area contributed by atoms with E-state index >= 15 is 0 Å². The van der Waals surface area contributed by atoms with Crippen LogP contribution in [-0.2, 0) is 24.2 Å². The molecule has 2 rings (SSSR count). The second kappa shape index (κ2) is 6.76. The molecule has 1 aliphatic carbocycles. The number of hydrogen-bond donors (Lipinski definition) is 1. The first kappa shape index (κ1) is 13.4. The molecule has 1 aromatic carbocycles. The second-order valence-corrected chi connectivity index (χ2v) is 4.79. The Bertz CT molecular complexity index is 388. The van der Waals surface area contributed by atoms with Crippen LogP contribution in [-0.4, -0.2) is 25.4 Å². The fraction of sp³-hybridized carbons (Fsp3) is 0.600. The highest BCUT2D eigenvalue weighted by Crippen LogP contribution is 2.31. The summed E-state index contributed by atoms with van der Waals surface area (Å²) in [6, 6.07) is 4.10. The first-order chi connectivity index (χ1) is 8.85. The van der Waals surface area contributed by atoms with Crippen LogP contribution in [0.15, 0.2) is 12.1 Å². The molecule has 0 bridgehead atoms. The maximum Gasteiger partial charge on any atom is 0.123 e. The lowest BCUT2D eigenvalue weighted by Gasteiger charge is -2.21. The van der Waals surface area contributed by atoms with Gasteiger partial charge in [0.15, 0.2) is 0 Å². The first-order valence-electron chi connectivity index (χ1n) is 6.72. The van der Waals surface area contributed by atoms with Crippen molar-refractivity contribution in [3.8, 4) is 5.75 Å². The molecule has 1 aliphatic rings. The molecule has 0 saturated carbocycles. The molecule has 0 fully saturated rings. The summed E-state index contributed by atoms with van der Waals surface area (Å²) < 4.78 is 10.9. The van der Waals surface area contributed by atoms with Gasteiger partial charge >= 0.3 is 0 Å². The molecule has 0 saturated heterocycles. The van der Waals surface area contributed by atoms with E-state index in [1.54, 1.807) is 7.11 Å². The molecule has 1 N–H and O–H groups in total. The van der Waals surface area contributed by atoms with Gasteiger partial charge in [-0.2, -0.15) is 0 Å². The standard InChI is InChI=1S/C15H22O3/c1-17-7-4-8-18-15-10-12(11-16)9-13-5-2-3-6-14(13)15/h9-10,16H,2-8,11H2,1H3. The quantitative estimate of drug-likeness (QED) is 0.788. The van der Waals surface area contributed by atoms with E-state index in [0.29, 0.717) is 6.61 Å². The molecular formula is C15H22O3. The first-order valence-corrected chi connectivity index (χ1v) is 6.72. The summed E-state index contributed by atoms with van der Waals surface area (Å²) in [7, 11) is 1.70. The Morgan fingerprint density at radius 1 is 1.17 bits per heavy atom. The Kier molecular flexibility index (Phi) is 5.02. The lowest BCUT2D eigenvalue weighted by molar-refractivity contribution is 0.171. The van der Waals surface area contributed by atoms with Gasteiger partial charge in [0.2, 0.25) is 0 Å². The monoisotopic (exact) mass is 250 g/mol. The number of aliphatic hydroxyl groups is 1. The summed E-state index contributed by atoms with van der Waals surface area (Å²) in [6.07, 6.45) is 5.58. The highest BCUT2D eigenvalue weighted by molar-refractivity contribution is 5.45. The molecular weight excluding hydrogens is 228 g/mol. The molecule has 1 aromatic rings. The molecule has 0 atom stereocenters. The van der Waals surface area contributed by atoms with Gasteiger partial charge in [0.1, 0.15) is 5.75 Å². The van der Waals surface area contributed by atoms with Crippen LogP contribution in [0.1, 0.15) is 36.0 Å². The SMILES string of the molecule is COCCCOc1cc(CO)cc2c1CCCC2. The van der Waals surface area contributed by atoms with E-state index in [1.165, 1.54) is 24.0 Å². The second-order valence-electron chi connectivity index (χ2n) is 4.79. The van der Waals surface area contributed by atoms with Gasteiger partial charge in [-0.15, -0.1) is 0 Å². The van der Waals surface area contributed by atoms with Crippen LogP contribution in [0.3, 0.4) is 0 Å². The number of aliphatic hydroxyl groups excluding tert-OH is 1. The Balaban J connectivity index is 2.11. The summed E-state index contributed by atoms with van der Waals surface area (Å²) >= 11 is 0. The van der Waals surface area contributed by atoms with Crippen molar-refractivity contribution in [1.29, 1.82) is 0 Å². The van der Waals surface area contributed by atoms with E-state index in [1.807, 2.05) is 6.07 Å². The van der Waals surface area contributed by atoms with E-state index < -0.39 is 0 Å². The fourth-order valence-corrected chi connectivity index (χ4v) is 2.50. The zero-order valence-corrected chi connectivity index (χ0v) is 11.1. The Hall–Kier alpha value is -1.06. The minimum atomic E-state index is 0.0850. The van der Waals surface area contributed by atoms with Crippen LogP contribution in [0.2, 0.25) is 0 Å². The van der Waals surface area contributed by atoms with Gasteiger partial charge in [0.05, 0.1) is 13.2 Å². The summed E-state index contributed by atoms with van der Waals surface area (Å²) in [6.45, 7) is 1.48. The van der Waals surface area contributed by atoms with Crippen molar-refractivity contribution in [3.63, 3.8) is 0 Å². The van der Waals surface area contributed by atoms with Crippen molar-refractivity contribution in [1.82, 2.24) is 0 Å². The molecule has 0 amide bonds. The number of aryl methyl sites for hydroxylation is 1. The average molecular weight is 250 g/mol. The third-order valence-corrected chi connectivity index (χ3v) is 3.42. The minimum Gasteiger partial charge on any atom is -0.493 e. The van der Waals surface area contributed by atoms with Crippen LogP contribution in [0.4, 0.5) is 0 Å². The van der Waals surface area contributed by atoms with Crippen molar-refractivity contribution >= 4 is 0 Å². The zero-order valence-electron chi connectivity index (χ0n) is 11.1. The highest BCUT2D eigenvalue weighted by Gasteiger charge is 2.15. The van der Waals surface area contributed by atoms with Crippen LogP contribution >= 0.6 is 0 Å². The molecule has 0 unspecified atom stereocenters. The molecule has 100 valence electrons. The third-order valence-electron chi connectivity index (χ3n) is 3.42. The Labute approximate surface area is 109 Å². The lowest BCUT2D eigenvalue weighted by Crippen LogP contribution is -2.09. The average Bonchev–Trinajstić information content (AvgIpc) is 2.43. The topological polar surface area (TPSA) is 38.7 Å². The van der Waals surface area contributed by atoms with Gasteiger partial charge in [-0.25, -0.2) is 0 Å². The van der Waals surface area contributed by atoms with Gasteiger partial charge in [-0.3, -0.25) is 0 Å². The van der Waals surface area contributed by atoms with Crippen LogP contribution < -0.4 is 4.74 Å². The van der Waals surface area contributed by atoms with Crippen LogP contribution in [0.25, 0.3) is 0 Å². The third kappa shape index (κ3) is 3.24. The Morgan fingerprint density at radius 2 is 2.00 bits per heavy atom. The smallest absolute Gasteiger partial charge is 0.123 e. The molecule has 0 aliphatic heterocycles. The normalized spacial score (nSPS) is 14.3. The molecule has 0 heterocycles. The van der Waals surface area contributed by atoms with E-state index in [2.05, 4.69) is 6.07 Å². The van der Waals surface area contributed by atoms with Gasteiger partial charge in [0.25, 0.3) is 0 Å². The van der Waals surface area contributed by atoms with Gasteiger partial charge in [0, 0.05) is 20.1 Å². The summed E-state index contributed by atoms with van der Waals surface area (Å²) in [5, 5.41) is 9.30. The van der Waals surface area contributed by atoms with E-state index in [-0.39, 0.29) is 6.61 Å².